The van der Waals surface area contributed by atoms with Gasteiger partial charge < -0.3 is 10.2 Å². The average molecular weight is 381 g/mol. The fraction of sp³-hybridized carbons (Fsp3) is 0.381. The third kappa shape index (κ3) is 3.95. The second-order valence-electron chi connectivity index (χ2n) is 7.21. The summed E-state index contributed by atoms with van der Waals surface area (Å²) in [6, 6.07) is 8.41. The number of carbonyl (C=O) groups is 1. The molecule has 0 bridgehead atoms. The summed E-state index contributed by atoms with van der Waals surface area (Å²) in [5.74, 6) is 0.131. The molecule has 1 saturated heterocycles. The van der Waals surface area contributed by atoms with Crippen LogP contribution in [0.15, 0.2) is 35.8 Å². The molecule has 1 aliphatic rings. The number of nitrogens with one attached hydrogen (secondary N) is 1. The van der Waals surface area contributed by atoms with Crippen LogP contribution in [0.1, 0.15) is 29.1 Å². The van der Waals surface area contributed by atoms with E-state index in [4.69, 9.17) is 0 Å². The summed E-state index contributed by atoms with van der Waals surface area (Å²) >= 11 is 1.61. The topological polar surface area (TPSA) is 58.1 Å². The van der Waals surface area contributed by atoms with Crippen molar-refractivity contribution in [1.29, 1.82) is 0 Å². The first kappa shape index (κ1) is 17.9. The SMILES string of the molecule is Cc1ccc2nccc(N3CCCC(C(=O)NCc4csc(C)n4)C3)c2c1. The Bertz CT molecular complexity index is 968. The van der Waals surface area contributed by atoms with Gasteiger partial charge in [0.25, 0.3) is 0 Å². The number of rotatable bonds is 4. The highest BCUT2D eigenvalue weighted by Gasteiger charge is 2.26. The molecule has 2 aromatic heterocycles. The number of piperidine rings is 1. The molecule has 27 heavy (non-hydrogen) atoms. The number of benzene rings is 1. The first-order valence-corrected chi connectivity index (χ1v) is 10.3. The summed E-state index contributed by atoms with van der Waals surface area (Å²) in [6.07, 6.45) is 3.81. The van der Waals surface area contributed by atoms with Crippen molar-refractivity contribution >= 4 is 33.8 Å². The van der Waals surface area contributed by atoms with Crippen LogP contribution in [0.3, 0.4) is 0 Å². The van der Waals surface area contributed by atoms with Crippen LogP contribution in [-0.2, 0) is 11.3 Å². The second kappa shape index (κ2) is 7.64. The van der Waals surface area contributed by atoms with Crippen molar-refractivity contribution < 1.29 is 4.79 Å². The molecule has 1 aliphatic heterocycles. The molecular formula is C21H24N4OS. The Morgan fingerprint density at radius 1 is 1.33 bits per heavy atom. The van der Waals surface area contributed by atoms with Crippen LogP contribution in [0.25, 0.3) is 10.9 Å². The normalized spacial score (nSPS) is 17.3. The molecule has 6 heteroatoms. The van der Waals surface area contributed by atoms with Crippen LogP contribution >= 0.6 is 11.3 Å². The maximum Gasteiger partial charge on any atom is 0.225 e. The zero-order chi connectivity index (χ0) is 18.8. The Labute approximate surface area is 163 Å². The highest BCUT2D eigenvalue weighted by Crippen LogP contribution is 2.30. The lowest BCUT2D eigenvalue weighted by molar-refractivity contribution is -0.125. The van der Waals surface area contributed by atoms with Gasteiger partial charge in [0.1, 0.15) is 0 Å². The molecule has 1 amide bonds. The van der Waals surface area contributed by atoms with Gasteiger partial charge in [-0.2, -0.15) is 0 Å². The average Bonchev–Trinajstić information content (AvgIpc) is 3.11. The minimum absolute atomic E-state index is 0.00603. The first-order valence-electron chi connectivity index (χ1n) is 9.39. The van der Waals surface area contributed by atoms with Gasteiger partial charge in [-0.05, 0) is 44.9 Å². The molecule has 1 unspecified atom stereocenters. The van der Waals surface area contributed by atoms with Crippen LogP contribution in [0.4, 0.5) is 5.69 Å². The van der Waals surface area contributed by atoms with E-state index >= 15 is 0 Å². The van der Waals surface area contributed by atoms with Crippen LogP contribution in [0, 0.1) is 19.8 Å². The van der Waals surface area contributed by atoms with Crippen LogP contribution in [0.5, 0.6) is 0 Å². The zero-order valence-electron chi connectivity index (χ0n) is 15.7. The molecule has 0 spiro atoms. The molecule has 1 atom stereocenters. The number of thiazole rings is 1. The summed E-state index contributed by atoms with van der Waals surface area (Å²) in [7, 11) is 0. The van der Waals surface area contributed by atoms with E-state index in [1.807, 2.05) is 18.5 Å². The molecule has 5 nitrogen and oxygen atoms in total. The van der Waals surface area contributed by atoms with Crippen LogP contribution in [0.2, 0.25) is 0 Å². The third-order valence-electron chi connectivity index (χ3n) is 5.12. The minimum atomic E-state index is 0.00603. The molecule has 3 heterocycles. The Morgan fingerprint density at radius 2 is 2.22 bits per heavy atom. The van der Waals surface area contributed by atoms with Crippen molar-refractivity contribution in [2.45, 2.75) is 33.2 Å². The molecule has 3 aromatic rings. The lowest BCUT2D eigenvalue weighted by Gasteiger charge is -2.34. The molecule has 1 aromatic carbocycles. The Kier molecular flexibility index (Phi) is 5.07. The molecule has 4 rings (SSSR count). The highest BCUT2D eigenvalue weighted by atomic mass is 32.1. The fourth-order valence-electron chi connectivity index (χ4n) is 3.74. The van der Waals surface area contributed by atoms with Crippen molar-refractivity contribution in [1.82, 2.24) is 15.3 Å². The lowest BCUT2D eigenvalue weighted by atomic mass is 9.96. The molecule has 0 aliphatic carbocycles. The molecular weight excluding hydrogens is 356 g/mol. The Balaban J connectivity index is 1.48. The van der Waals surface area contributed by atoms with E-state index in [0.717, 1.165) is 47.5 Å². The maximum absolute atomic E-state index is 12.7. The van der Waals surface area contributed by atoms with Crippen molar-refractivity contribution in [2.24, 2.45) is 5.92 Å². The van der Waals surface area contributed by atoms with E-state index < -0.39 is 0 Å². The standard InChI is InChI=1S/C21H24N4OS/c1-14-5-6-19-18(10-14)20(7-8-22-19)25-9-3-4-16(12-25)21(26)23-11-17-13-27-15(2)24-17/h5-8,10,13,16H,3-4,9,11-12H2,1-2H3,(H,23,26). The van der Waals surface area contributed by atoms with Gasteiger partial charge in [0.2, 0.25) is 5.91 Å². The maximum atomic E-state index is 12.7. The van der Waals surface area contributed by atoms with Crippen LogP contribution in [-0.4, -0.2) is 29.0 Å². The second-order valence-corrected chi connectivity index (χ2v) is 8.27. The summed E-state index contributed by atoms with van der Waals surface area (Å²) < 4.78 is 0. The van der Waals surface area contributed by atoms with Gasteiger partial charge in [-0.1, -0.05) is 11.6 Å². The predicted octanol–water partition coefficient (Wildman–Crippen LogP) is 3.84. The van der Waals surface area contributed by atoms with Gasteiger partial charge in [-0.3, -0.25) is 9.78 Å². The van der Waals surface area contributed by atoms with Gasteiger partial charge in [0.15, 0.2) is 0 Å². The number of fused-ring (bicyclic) bond motifs is 1. The number of anilines is 1. The van der Waals surface area contributed by atoms with E-state index in [2.05, 4.69) is 51.4 Å². The van der Waals surface area contributed by atoms with Gasteiger partial charge in [-0.15, -0.1) is 11.3 Å². The number of hydrogen-bond acceptors (Lipinski definition) is 5. The fourth-order valence-corrected chi connectivity index (χ4v) is 4.36. The van der Waals surface area contributed by atoms with Crippen molar-refractivity contribution in [3.63, 3.8) is 0 Å². The Morgan fingerprint density at radius 3 is 3.04 bits per heavy atom. The summed E-state index contributed by atoms with van der Waals surface area (Å²) in [5.41, 5.74) is 4.34. The van der Waals surface area contributed by atoms with E-state index in [0.29, 0.717) is 6.54 Å². The van der Waals surface area contributed by atoms with E-state index in [9.17, 15) is 4.79 Å². The highest BCUT2D eigenvalue weighted by molar-refractivity contribution is 7.09. The largest absolute Gasteiger partial charge is 0.370 e. The van der Waals surface area contributed by atoms with Gasteiger partial charge >= 0.3 is 0 Å². The van der Waals surface area contributed by atoms with Crippen molar-refractivity contribution in [3.8, 4) is 0 Å². The number of hydrogen-bond donors (Lipinski definition) is 1. The molecule has 0 radical (unpaired) electrons. The summed E-state index contributed by atoms with van der Waals surface area (Å²) in [6.45, 7) is 6.31. The predicted molar refractivity (Wildman–Crippen MR) is 110 cm³/mol. The quantitative estimate of drug-likeness (QED) is 0.747. The number of pyridine rings is 1. The van der Waals surface area contributed by atoms with Crippen molar-refractivity contribution in [3.05, 3.63) is 52.1 Å². The summed E-state index contributed by atoms with van der Waals surface area (Å²) in [4.78, 5) is 23.9. The smallest absolute Gasteiger partial charge is 0.225 e. The number of aromatic nitrogens is 2. The molecule has 1 fully saturated rings. The lowest BCUT2D eigenvalue weighted by Crippen LogP contribution is -2.43. The number of carbonyl (C=O) groups excluding carboxylic acids is 1. The number of amides is 1. The number of nitrogens with zero attached hydrogens (tertiary/aromatic N) is 3. The third-order valence-corrected chi connectivity index (χ3v) is 5.94. The molecule has 0 saturated carbocycles. The zero-order valence-corrected chi connectivity index (χ0v) is 16.6. The Hall–Kier alpha value is -2.47. The summed E-state index contributed by atoms with van der Waals surface area (Å²) in [5, 5.41) is 7.27. The first-order chi connectivity index (χ1) is 13.1. The monoisotopic (exact) mass is 380 g/mol. The van der Waals surface area contributed by atoms with Gasteiger partial charge in [0, 0.05) is 35.7 Å². The van der Waals surface area contributed by atoms with Gasteiger partial charge in [0.05, 0.1) is 28.7 Å². The van der Waals surface area contributed by atoms with Gasteiger partial charge in [-0.25, -0.2) is 4.98 Å². The van der Waals surface area contributed by atoms with Crippen LogP contribution < -0.4 is 10.2 Å². The van der Waals surface area contributed by atoms with E-state index in [-0.39, 0.29) is 11.8 Å². The van der Waals surface area contributed by atoms with Crippen molar-refractivity contribution in [2.75, 3.05) is 18.0 Å². The molecule has 1 N–H and O–H groups in total. The molecule has 140 valence electrons. The van der Waals surface area contributed by atoms with E-state index in [1.54, 1.807) is 11.3 Å². The minimum Gasteiger partial charge on any atom is -0.370 e. The van der Waals surface area contributed by atoms with E-state index in [1.165, 1.54) is 11.3 Å². The number of aryl methyl sites for hydroxylation is 2.